The molecule has 0 saturated heterocycles. The van der Waals surface area contributed by atoms with E-state index in [1.165, 1.54) is 0 Å². The first-order valence-electron chi connectivity index (χ1n) is 3.02. The Labute approximate surface area is 79.7 Å². The summed E-state index contributed by atoms with van der Waals surface area (Å²) in [5.41, 5.74) is 0. The molecule has 1 unspecified atom stereocenters. The van der Waals surface area contributed by atoms with Crippen molar-refractivity contribution >= 4 is 28.6 Å². The number of halogens is 1. The number of aliphatic hydroxyl groups is 1. The van der Waals surface area contributed by atoms with Crippen molar-refractivity contribution < 1.29 is 19.7 Å². The normalized spacial score (nSPS) is 11.3. The summed E-state index contributed by atoms with van der Waals surface area (Å²) in [6.45, 7) is 3.23. The molecule has 0 rings (SSSR count). The van der Waals surface area contributed by atoms with Gasteiger partial charge in [0.2, 0.25) is 0 Å². The molecule has 0 amide bonds. The van der Waals surface area contributed by atoms with Gasteiger partial charge in [0.1, 0.15) is 0 Å². The number of ether oxygens (including phenoxy) is 1. The summed E-state index contributed by atoms with van der Waals surface area (Å²) in [7, 11) is 0. The molecule has 0 aromatic rings. The molecule has 0 fully saturated rings. The van der Waals surface area contributed by atoms with Crippen molar-refractivity contribution in [2.45, 2.75) is 20.0 Å². The predicted octanol–water partition coefficient (Wildman–Crippen LogP) is 0.867. The highest BCUT2D eigenvalue weighted by Gasteiger charge is 1.90. The summed E-state index contributed by atoms with van der Waals surface area (Å²) in [5, 5.41) is 16.0. The molecule has 0 aromatic heterocycles. The van der Waals surface area contributed by atoms with E-state index in [-0.39, 0.29) is 6.10 Å². The van der Waals surface area contributed by atoms with Crippen LogP contribution in [-0.4, -0.2) is 33.5 Å². The van der Waals surface area contributed by atoms with Gasteiger partial charge >= 0.3 is 0 Å². The summed E-state index contributed by atoms with van der Waals surface area (Å²) in [5.74, 6) is -0.833. The van der Waals surface area contributed by atoms with E-state index in [2.05, 4.69) is 22.6 Å². The van der Waals surface area contributed by atoms with Gasteiger partial charge in [0.15, 0.2) is 0 Å². The van der Waals surface area contributed by atoms with E-state index in [9.17, 15) is 0 Å². The summed E-state index contributed by atoms with van der Waals surface area (Å²) in [6.07, 6.45) is -0.324. The lowest BCUT2D eigenvalue weighted by molar-refractivity contribution is -0.134. The minimum atomic E-state index is -0.833. The predicted molar refractivity (Wildman–Crippen MR) is 49.8 cm³/mol. The topological polar surface area (TPSA) is 66.8 Å². The number of hydrogen-bond acceptors (Lipinski definition) is 3. The van der Waals surface area contributed by atoms with Crippen LogP contribution in [0.5, 0.6) is 0 Å². The molecule has 2 N–H and O–H groups in total. The second-order valence-corrected chi connectivity index (χ2v) is 2.47. The molecule has 0 aliphatic heterocycles. The van der Waals surface area contributed by atoms with Gasteiger partial charge < -0.3 is 14.9 Å². The van der Waals surface area contributed by atoms with Crippen LogP contribution < -0.4 is 0 Å². The van der Waals surface area contributed by atoms with Gasteiger partial charge in [-0.1, -0.05) is 22.6 Å². The first kappa shape index (κ1) is 13.7. The van der Waals surface area contributed by atoms with Crippen molar-refractivity contribution in [2.24, 2.45) is 0 Å². The Hall–Kier alpha value is 0.120. The van der Waals surface area contributed by atoms with Crippen LogP contribution in [0.3, 0.4) is 0 Å². The van der Waals surface area contributed by atoms with Crippen LogP contribution in [0.4, 0.5) is 0 Å². The molecule has 0 spiro atoms. The highest BCUT2D eigenvalue weighted by Crippen LogP contribution is 1.86. The summed E-state index contributed by atoms with van der Waals surface area (Å²) >= 11 is 2.09. The fraction of sp³-hybridized carbons (Fsp3) is 0.833. The fourth-order valence-electron chi connectivity index (χ4n) is 0.215. The zero-order valence-corrected chi connectivity index (χ0v) is 8.74. The SMILES string of the molecule is CC(=O)O.CC(O)COCI. The Balaban J connectivity index is 0. The van der Waals surface area contributed by atoms with Gasteiger partial charge in [-0.25, -0.2) is 0 Å². The molecule has 68 valence electrons. The Morgan fingerprint density at radius 3 is 2.18 bits per heavy atom. The maximum absolute atomic E-state index is 9.00. The lowest BCUT2D eigenvalue weighted by Gasteiger charge is -2.00. The summed E-state index contributed by atoms with van der Waals surface area (Å²) in [6, 6.07) is 0. The van der Waals surface area contributed by atoms with Gasteiger partial charge in [-0.3, -0.25) is 4.79 Å². The minimum absolute atomic E-state index is 0.324. The van der Waals surface area contributed by atoms with Crippen molar-refractivity contribution in [3.8, 4) is 0 Å². The molecular weight excluding hydrogens is 263 g/mol. The van der Waals surface area contributed by atoms with Crippen molar-refractivity contribution in [3.63, 3.8) is 0 Å². The molecule has 0 saturated carbocycles. The molecule has 0 aliphatic carbocycles. The number of alkyl halides is 1. The van der Waals surface area contributed by atoms with Gasteiger partial charge in [-0.05, 0) is 6.92 Å². The molecule has 4 nitrogen and oxygen atoms in total. The van der Waals surface area contributed by atoms with Crippen molar-refractivity contribution in [2.75, 3.05) is 11.2 Å². The number of aliphatic hydroxyl groups excluding tert-OH is 1. The zero-order valence-electron chi connectivity index (χ0n) is 6.58. The molecule has 11 heavy (non-hydrogen) atoms. The number of carbonyl (C=O) groups is 1. The second-order valence-electron chi connectivity index (χ2n) is 1.85. The zero-order chi connectivity index (χ0) is 9.28. The highest BCUT2D eigenvalue weighted by molar-refractivity contribution is 14.1. The lowest BCUT2D eigenvalue weighted by Crippen LogP contribution is -2.08. The van der Waals surface area contributed by atoms with Gasteiger partial charge in [-0.2, -0.15) is 0 Å². The number of carboxylic acid groups (broad SMARTS) is 1. The minimum Gasteiger partial charge on any atom is -0.481 e. The molecule has 1 atom stereocenters. The van der Waals surface area contributed by atoms with Crippen LogP contribution in [0.25, 0.3) is 0 Å². The number of carboxylic acids is 1. The highest BCUT2D eigenvalue weighted by atomic mass is 127. The largest absolute Gasteiger partial charge is 0.481 e. The number of rotatable bonds is 3. The Morgan fingerprint density at radius 2 is 2.09 bits per heavy atom. The summed E-state index contributed by atoms with van der Waals surface area (Å²) in [4.78, 5) is 9.00. The molecule has 0 aliphatic rings. The number of hydrogen-bond donors (Lipinski definition) is 2. The van der Waals surface area contributed by atoms with Gasteiger partial charge in [-0.15, -0.1) is 0 Å². The molecule has 5 heteroatoms. The van der Waals surface area contributed by atoms with E-state index in [1.54, 1.807) is 6.92 Å². The van der Waals surface area contributed by atoms with Crippen LogP contribution in [-0.2, 0) is 9.53 Å². The molecule has 0 heterocycles. The molecular formula is C6H13IO4. The van der Waals surface area contributed by atoms with Crippen LogP contribution in [0, 0.1) is 0 Å². The third-order valence-corrected chi connectivity index (χ3v) is 0.877. The first-order valence-corrected chi connectivity index (χ1v) is 4.54. The van der Waals surface area contributed by atoms with Crippen LogP contribution in [0.15, 0.2) is 0 Å². The maximum Gasteiger partial charge on any atom is 0.300 e. The molecule has 0 aromatic carbocycles. The third-order valence-electron chi connectivity index (χ3n) is 0.436. The standard InChI is InChI=1S/C4H9IO2.C2H4O2/c1-4(6)2-7-3-5;1-2(3)4/h4,6H,2-3H2,1H3;1H3,(H,3,4). The monoisotopic (exact) mass is 276 g/mol. The third kappa shape index (κ3) is 39.3. The van der Waals surface area contributed by atoms with Crippen molar-refractivity contribution in [1.29, 1.82) is 0 Å². The average Bonchev–Trinajstić information content (AvgIpc) is 1.82. The smallest absolute Gasteiger partial charge is 0.300 e. The van der Waals surface area contributed by atoms with Crippen LogP contribution in [0.1, 0.15) is 13.8 Å². The van der Waals surface area contributed by atoms with E-state index in [1.807, 2.05) is 0 Å². The van der Waals surface area contributed by atoms with Gasteiger partial charge in [0.25, 0.3) is 5.97 Å². The van der Waals surface area contributed by atoms with Crippen molar-refractivity contribution in [1.82, 2.24) is 0 Å². The summed E-state index contributed by atoms with van der Waals surface area (Å²) < 4.78 is 5.49. The fourth-order valence-corrected chi connectivity index (χ4v) is 0.469. The van der Waals surface area contributed by atoms with Gasteiger partial charge in [0, 0.05) is 6.92 Å². The van der Waals surface area contributed by atoms with E-state index in [0.717, 1.165) is 6.92 Å². The van der Waals surface area contributed by atoms with Crippen LogP contribution in [0.2, 0.25) is 0 Å². The van der Waals surface area contributed by atoms with Crippen molar-refractivity contribution in [3.05, 3.63) is 0 Å². The lowest BCUT2D eigenvalue weighted by atomic mass is 10.5. The Bertz CT molecular complexity index is 90.6. The second kappa shape index (κ2) is 10.1. The number of aliphatic carboxylic acids is 1. The van der Waals surface area contributed by atoms with E-state index in [4.69, 9.17) is 19.7 Å². The van der Waals surface area contributed by atoms with Crippen LogP contribution >= 0.6 is 22.6 Å². The van der Waals surface area contributed by atoms with E-state index in [0.29, 0.717) is 11.2 Å². The average molecular weight is 276 g/mol. The first-order chi connectivity index (χ1) is 5.00. The maximum atomic E-state index is 9.00. The van der Waals surface area contributed by atoms with E-state index >= 15 is 0 Å². The molecule has 0 bridgehead atoms. The van der Waals surface area contributed by atoms with Gasteiger partial charge in [0.05, 0.1) is 17.3 Å². The Morgan fingerprint density at radius 1 is 1.73 bits per heavy atom. The Kier molecular flexibility index (Phi) is 12.6. The van der Waals surface area contributed by atoms with E-state index < -0.39 is 5.97 Å². The quantitative estimate of drug-likeness (QED) is 0.593. The molecule has 0 radical (unpaired) electrons.